The maximum atomic E-state index is 13.4. The number of fused-ring (bicyclic) bond motifs is 1. The van der Waals surface area contributed by atoms with E-state index in [1.165, 1.54) is 0 Å². The molecule has 2 saturated carbocycles. The van der Waals surface area contributed by atoms with E-state index in [1.54, 1.807) is 0 Å². The normalized spacial score (nSPS) is 17.1. The highest BCUT2D eigenvalue weighted by Crippen LogP contribution is 2.33. The molecule has 166 valence electrons. The third kappa shape index (κ3) is 4.27. The van der Waals surface area contributed by atoms with Crippen LogP contribution in [-0.2, 0) is 17.8 Å². The fourth-order valence-corrected chi connectivity index (χ4v) is 4.36. The Hall–Kier alpha value is -3.15. The highest BCUT2D eigenvalue weighted by atomic mass is 16.2. The second-order valence-electron chi connectivity index (χ2n) is 9.10. The lowest BCUT2D eigenvalue weighted by molar-refractivity contribution is -0.118. The molecule has 0 unspecified atom stereocenters. The molecular formula is C26H29N3O3. The number of benzene rings is 2. The summed E-state index contributed by atoms with van der Waals surface area (Å²) in [5, 5.41) is 3.00. The van der Waals surface area contributed by atoms with Gasteiger partial charge in [-0.2, -0.15) is 0 Å². The topological polar surface area (TPSA) is 69.7 Å². The molecule has 1 heterocycles. The number of nitrogens with one attached hydrogen (secondary N) is 1. The zero-order valence-corrected chi connectivity index (χ0v) is 18.5. The van der Waals surface area contributed by atoms with Crippen LogP contribution in [0.5, 0.6) is 0 Å². The van der Waals surface area contributed by atoms with E-state index in [0.29, 0.717) is 36.7 Å². The molecule has 2 fully saturated rings. The van der Waals surface area contributed by atoms with E-state index >= 15 is 0 Å². The predicted octanol–water partition coefficient (Wildman–Crippen LogP) is 3.68. The van der Waals surface area contributed by atoms with Crippen LogP contribution in [0, 0.1) is 0 Å². The quantitative estimate of drug-likeness (QED) is 0.727. The molecule has 0 saturated heterocycles. The number of hydrogen-bond donors (Lipinski definition) is 1. The second kappa shape index (κ2) is 8.41. The molecule has 1 N–H and O–H groups in total. The second-order valence-corrected chi connectivity index (χ2v) is 9.10. The molecule has 0 bridgehead atoms. The highest BCUT2D eigenvalue weighted by Gasteiger charge is 2.34. The lowest BCUT2D eigenvalue weighted by Crippen LogP contribution is -2.32. The maximum Gasteiger partial charge on any atom is 0.254 e. The summed E-state index contributed by atoms with van der Waals surface area (Å²) >= 11 is 0. The summed E-state index contributed by atoms with van der Waals surface area (Å²) in [5.41, 5.74) is 4.37. The van der Waals surface area contributed by atoms with Crippen molar-refractivity contribution in [2.45, 2.75) is 64.1 Å². The van der Waals surface area contributed by atoms with Crippen LogP contribution in [0.4, 0.5) is 5.69 Å². The monoisotopic (exact) mass is 431 g/mol. The third-order valence-corrected chi connectivity index (χ3v) is 6.56. The minimum absolute atomic E-state index is 0.0251. The molecule has 0 aromatic heterocycles. The van der Waals surface area contributed by atoms with E-state index in [1.807, 2.05) is 59.2 Å². The zero-order valence-electron chi connectivity index (χ0n) is 18.5. The Morgan fingerprint density at radius 1 is 1.00 bits per heavy atom. The van der Waals surface area contributed by atoms with Gasteiger partial charge >= 0.3 is 0 Å². The van der Waals surface area contributed by atoms with E-state index in [2.05, 4.69) is 5.32 Å². The van der Waals surface area contributed by atoms with Gasteiger partial charge in [0.05, 0.1) is 0 Å². The number of amides is 3. The van der Waals surface area contributed by atoms with Crippen LogP contribution in [0.1, 0.15) is 70.9 Å². The Morgan fingerprint density at radius 3 is 2.38 bits per heavy atom. The van der Waals surface area contributed by atoms with Crippen molar-refractivity contribution in [2.75, 3.05) is 11.4 Å². The fraction of sp³-hybridized carbons (Fsp3) is 0.423. The van der Waals surface area contributed by atoms with Crippen molar-refractivity contribution in [3.05, 3.63) is 64.7 Å². The Bertz CT molecular complexity index is 1050. The van der Waals surface area contributed by atoms with E-state index < -0.39 is 0 Å². The van der Waals surface area contributed by atoms with E-state index in [0.717, 1.165) is 48.9 Å². The Kier molecular flexibility index (Phi) is 5.45. The number of rotatable bonds is 7. The van der Waals surface area contributed by atoms with Crippen molar-refractivity contribution in [1.29, 1.82) is 0 Å². The van der Waals surface area contributed by atoms with Crippen LogP contribution in [0.15, 0.2) is 42.5 Å². The molecule has 0 radical (unpaired) electrons. The van der Waals surface area contributed by atoms with Gasteiger partial charge in [-0.05, 0) is 73.6 Å². The molecule has 6 heteroatoms. The van der Waals surface area contributed by atoms with Crippen molar-refractivity contribution in [1.82, 2.24) is 10.2 Å². The van der Waals surface area contributed by atoms with Crippen LogP contribution in [0.25, 0.3) is 0 Å². The first-order chi connectivity index (χ1) is 15.5. The molecule has 0 atom stereocenters. The van der Waals surface area contributed by atoms with Crippen molar-refractivity contribution in [3.63, 3.8) is 0 Å². The lowest BCUT2D eigenvalue weighted by Gasteiger charge is -2.23. The maximum absolute atomic E-state index is 13.4. The molecule has 1 aliphatic heterocycles. The molecule has 2 aromatic carbocycles. The average Bonchev–Trinajstić information content (AvgIpc) is 3.75. The smallest absolute Gasteiger partial charge is 0.254 e. The van der Waals surface area contributed by atoms with Crippen molar-refractivity contribution in [2.24, 2.45) is 0 Å². The van der Waals surface area contributed by atoms with Crippen LogP contribution < -0.4 is 10.2 Å². The Morgan fingerprint density at radius 2 is 1.72 bits per heavy atom. The first-order valence-electron chi connectivity index (χ1n) is 11.7. The molecule has 2 aliphatic carbocycles. The van der Waals surface area contributed by atoms with E-state index in [4.69, 9.17) is 0 Å². The molecule has 6 nitrogen and oxygen atoms in total. The highest BCUT2D eigenvalue weighted by molar-refractivity contribution is 5.99. The van der Waals surface area contributed by atoms with Crippen LogP contribution in [0.2, 0.25) is 0 Å². The van der Waals surface area contributed by atoms with Crippen molar-refractivity contribution in [3.8, 4) is 0 Å². The Labute approximate surface area is 188 Å². The molecule has 2 aromatic rings. The van der Waals surface area contributed by atoms with E-state index in [-0.39, 0.29) is 23.8 Å². The van der Waals surface area contributed by atoms with Gasteiger partial charge in [-0.1, -0.05) is 19.1 Å². The lowest BCUT2D eigenvalue weighted by atomic mass is 10.1. The summed E-state index contributed by atoms with van der Waals surface area (Å²) < 4.78 is 0. The van der Waals surface area contributed by atoms with Gasteiger partial charge in [0.1, 0.15) is 0 Å². The van der Waals surface area contributed by atoms with Gasteiger partial charge in [0, 0.05) is 48.4 Å². The fourth-order valence-electron chi connectivity index (χ4n) is 4.36. The minimum Gasteiger partial charge on any atom is -0.349 e. The molecule has 0 spiro atoms. The molecule has 32 heavy (non-hydrogen) atoms. The molecular weight excluding hydrogens is 402 g/mol. The summed E-state index contributed by atoms with van der Waals surface area (Å²) in [4.78, 5) is 41.5. The molecule has 3 aliphatic rings. The largest absolute Gasteiger partial charge is 0.349 e. The number of anilines is 1. The molecule has 3 amide bonds. The number of hydrogen-bond acceptors (Lipinski definition) is 3. The zero-order chi connectivity index (χ0) is 22.2. The van der Waals surface area contributed by atoms with Gasteiger partial charge in [0.2, 0.25) is 5.91 Å². The van der Waals surface area contributed by atoms with Gasteiger partial charge < -0.3 is 15.1 Å². The van der Waals surface area contributed by atoms with Gasteiger partial charge in [-0.3, -0.25) is 14.4 Å². The van der Waals surface area contributed by atoms with E-state index in [9.17, 15) is 14.4 Å². The van der Waals surface area contributed by atoms with Crippen LogP contribution in [0.3, 0.4) is 0 Å². The van der Waals surface area contributed by atoms with Gasteiger partial charge in [-0.25, -0.2) is 0 Å². The third-order valence-electron chi connectivity index (χ3n) is 6.56. The van der Waals surface area contributed by atoms with Gasteiger partial charge in [-0.15, -0.1) is 0 Å². The van der Waals surface area contributed by atoms with Crippen molar-refractivity contribution < 1.29 is 14.4 Å². The number of nitrogens with zero attached hydrogens (tertiary/aromatic N) is 2. The van der Waals surface area contributed by atoms with Gasteiger partial charge in [0.15, 0.2) is 0 Å². The minimum atomic E-state index is -0.0251. The number of carbonyl (C=O) groups excluding carboxylic acids is 3. The SMILES string of the molecule is CCC(=O)N1CCc2cc(C(=O)N(Cc3ccc(C(=O)NC4CC4)cc3)C3CC3)ccc21. The standard InChI is InChI=1S/C26H29N3O3/c1-2-24(30)28-14-13-19-15-20(7-12-23(19)28)26(32)29(22-10-11-22)16-17-3-5-18(6-4-17)25(31)27-21-8-9-21/h3-7,12,15,21-22H,2,8-11,13-14,16H2,1H3,(H,27,31). The summed E-state index contributed by atoms with van der Waals surface area (Å²) in [7, 11) is 0. The first kappa shape index (κ1) is 20.7. The van der Waals surface area contributed by atoms with Gasteiger partial charge in [0.25, 0.3) is 11.8 Å². The summed E-state index contributed by atoms with van der Waals surface area (Å²) in [5.74, 6) is 0.130. The Balaban J connectivity index is 1.30. The molecule has 5 rings (SSSR count). The number of carbonyl (C=O) groups is 3. The van der Waals surface area contributed by atoms with Crippen LogP contribution >= 0.6 is 0 Å². The summed E-state index contributed by atoms with van der Waals surface area (Å²) in [6, 6.07) is 13.9. The van der Waals surface area contributed by atoms with Crippen LogP contribution in [-0.4, -0.2) is 41.2 Å². The average molecular weight is 432 g/mol. The van der Waals surface area contributed by atoms with Crippen molar-refractivity contribution >= 4 is 23.4 Å². The predicted molar refractivity (Wildman–Crippen MR) is 123 cm³/mol. The summed E-state index contributed by atoms with van der Waals surface area (Å²) in [6.07, 6.45) is 5.46. The summed E-state index contributed by atoms with van der Waals surface area (Å²) in [6.45, 7) is 3.09. The first-order valence-corrected chi connectivity index (χ1v) is 11.7.